The Balaban J connectivity index is 1.51. The highest BCUT2D eigenvalue weighted by atomic mass is 16.6. The smallest absolute Gasteiger partial charge is 0.415 e. The summed E-state index contributed by atoms with van der Waals surface area (Å²) in [6.45, 7) is 5.47. The van der Waals surface area contributed by atoms with Gasteiger partial charge in [-0.2, -0.15) is 0 Å². The fourth-order valence-electron chi connectivity index (χ4n) is 4.15. The second-order valence-corrected chi connectivity index (χ2v) is 8.61. The van der Waals surface area contributed by atoms with Gasteiger partial charge in [-0.25, -0.2) is 9.78 Å². The Hall–Kier alpha value is -3.00. The average molecular weight is 407 g/mol. The molecule has 1 saturated heterocycles. The van der Waals surface area contributed by atoms with Crippen LogP contribution in [-0.2, 0) is 23.2 Å². The van der Waals surface area contributed by atoms with Gasteiger partial charge in [-0.3, -0.25) is 19.6 Å². The van der Waals surface area contributed by atoms with Crippen LogP contribution in [0.2, 0.25) is 0 Å². The third-order valence-electron chi connectivity index (χ3n) is 6.29. The quantitative estimate of drug-likeness (QED) is 0.820. The van der Waals surface area contributed by atoms with Gasteiger partial charge in [-0.15, -0.1) is 0 Å². The van der Waals surface area contributed by atoms with E-state index in [4.69, 9.17) is 9.72 Å². The van der Waals surface area contributed by atoms with Gasteiger partial charge in [0.15, 0.2) is 0 Å². The molecule has 1 aliphatic carbocycles. The van der Waals surface area contributed by atoms with Crippen LogP contribution in [0.15, 0.2) is 24.3 Å². The second-order valence-electron chi connectivity index (χ2n) is 8.61. The predicted molar refractivity (Wildman–Crippen MR) is 112 cm³/mol. The second kappa shape index (κ2) is 6.77. The van der Waals surface area contributed by atoms with Crippen LogP contribution < -0.4 is 15.1 Å². The molecule has 1 N–H and O–H groups in total. The summed E-state index contributed by atoms with van der Waals surface area (Å²) < 4.78 is 5.11. The largest absolute Gasteiger partial charge is 0.447 e. The maximum atomic E-state index is 13.3. The molecule has 2 amide bonds. The van der Waals surface area contributed by atoms with E-state index in [0.717, 1.165) is 29.8 Å². The highest BCUT2D eigenvalue weighted by Gasteiger charge is 2.43. The van der Waals surface area contributed by atoms with Crippen molar-refractivity contribution in [3.63, 3.8) is 0 Å². The third kappa shape index (κ3) is 2.94. The maximum Gasteiger partial charge on any atom is 0.415 e. The molecule has 30 heavy (non-hydrogen) atoms. The van der Waals surface area contributed by atoms with E-state index >= 15 is 0 Å². The molecule has 2 fully saturated rings. The number of carbonyl (C=O) groups excluding carboxylic acids is 2. The number of fused-ring (bicyclic) bond motifs is 1. The number of amides is 2. The van der Waals surface area contributed by atoms with Gasteiger partial charge in [0, 0.05) is 28.8 Å². The molecule has 156 valence electrons. The standard InChI is InChI=1S/C22H25N5O3/c1-13-12-30-21(29)27(13)19-6-4-5-18(25-19)26-11-15-14(20(26)28)9-17(22(2)7-8-22)24-16(15)10-23-3/h4-6,9,13,23H,7-8,10-12H2,1-3H3/t13-/m0/s1. The minimum absolute atomic E-state index is 0.0723. The van der Waals surface area contributed by atoms with Gasteiger partial charge in [-0.1, -0.05) is 13.0 Å². The lowest BCUT2D eigenvalue weighted by atomic mass is 9.99. The number of rotatable bonds is 5. The Morgan fingerprint density at radius 3 is 2.67 bits per heavy atom. The van der Waals surface area contributed by atoms with E-state index in [1.54, 1.807) is 17.0 Å². The zero-order valence-electron chi connectivity index (χ0n) is 17.4. The predicted octanol–water partition coefficient (Wildman–Crippen LogP) is 2.75. The molecule has 8 nitrogen and oxygen atoms in total. The van der Waals surface area contributed by atoms with Crippen LogP contribution in [0.1, 0.15) is 54.0 Å². The van der Waals surface area contributed by atoms with E-state index in [-0.39, 0.29) is 17.4 Å². The zero-order valence-corrected chi connectivity index (χ0v) is 17.4. The Morgan fingerprint density at radius 2 is 2.00 bits per heavy atom. The van der Waals surface area contributed by atoms with E-state index in [2.05, 4.69) is 17.2 Å². The van der Waals surface area contributed by atoms with Crippen molar-refractivity contribution in [3.05, 3.63) is 46.8 Å². The first-order valence-corrected chi connectivity index (χ1v) is 10.3. The normalized spacial score (nSPS) is 21.8. The van der Waals surface area contributed by atoms with Crippen LogP contribution >= 0.6 is 0 Å². The number of aromatic nitrogens is 2. The minimum Gasteiger partial charge on any atom is -0.447 e. The molecular weight excluding hydrogens is 382 g/mol. The van der Waals surface area contributed by atoms with Crippen LogP contribution in [0, 0.1) is 0 Å². The van der Waals surface area contributed by atoms with E-state index in [0.29, 0.717) is 36.9 Å². The number of anilines is 2. The number of carbonyl (C=O) groups is 2. The molecule has 3 aliphatic rings. The summed E-state index contributed by atoms with van der Waals surface area (Å²) in [4.78, 5) is 38.1. The highest BCUT2D eigenvalue weighted by Crippen LogP contribution is 2.47. The number of nitrogens with zero attached hydrogens (tertiary/aromatic N) is 4. The van der Waals surface area contributed by atoms with Crippen molar-refractivity contribution in [2.45, 2.75) is 51.2 Å². The topological polar surface area (TPSA) is 87.7 Å². The first-order valence-electron chi connectivity index (χ1n) is 10.3. The molecule has 1 atom stereocenters. The molecule has 1 saturated carbocycles. The van der Waals surface area contributed by atoms with Crippen molar-refractivity contribution in [1.82, 2.24) is 15.3 Å². The fraction of sp³-hybridized carbons (Fsp3) is 0.455. The minimum atomic E-state index is -0.411. The zero-order chi connectivity index (χ0) is 21.0. The van der Waals surface area contributed by atoms with Crippen LogP contribution in [0.3, 0.4) is 0 Å². The lowest BCUT2D eigenvalue weighted by molar-refractivity contribution is 0.0995. The summed E-state index contributed by atoms with van der Waals surface area (Å²) in [5.74, 6) is 0.943. The lowest BCUT2D eigenvalue weighted by Crippen LogP contribution is -2.32. The van der Waals surface area contributed by atoms with E-state index in [1.807, 2.05) is 26.1 Å². The third-order valence-corrected chi connectivity index (χ3v) is 6.29. The van der Waals surface area contributed by atoms with Gasteiger partial charge < -0.3 is 10.1 Å². The first kappa shape index (κ1) is 19.0. The molecule has 0 unspecified atom stereocenters. The number of pyridine rings is 2. The number of ether oxygens (including phenoxy) is 1. The molecule has 0 spiro atoms. The van der Waals surface area contributed by atoms with Gasteiger partial charge in [0.05, 0.1) is 18.3 Å². The molecule has 4 heterocycles. The summed E-state index contributed by atoms with van der Waals surface area (Å²) in [6.07, 6.45) is 1.79. The van der Waals surface area contributed by atoms with Gasteiger partial charge >= 0.3 is 6.09 Å². The number of cyclic esters (lactones) is 1. The first-order chi connectivity index (χ1) is 14.4. The highest BCUT2D eigenvalue weighted by molar-refractivity contribution is 6.10. The van der Waals surface area contributed by atoms with Gasteiger partial charge in [0.2, 0.25) is 0 Å². The molecule has 2 aromatic rings. The maximum absolute atomic E-state index is 13.3. The van der Waals surface area contributed by atoms with Crippen LogP contribution in [-0.4, -0.2) is 41.7 Å². The SMILES string of the molecule is CNCc1nc(C2(C)CC2)cc2c1CN(c1cccc(N3C(=O)OC[C@@H]3C)n1)C2=O. The van der Waals surface area contributed by atoms with Crippen molar-refractivity contribution in [1.29, 1.82) is 0 Å². The summed E-state index contributed by atoms with van der Waals surface area (Å²) in [5.41, 5.74) is 3.65. The average Bonchev–Trinajstić information content (AvgIpc) is 3.27. The Kier molecular flexibility index (Phi) is 4.28. The summed E-state index contributed by atoms with van der Waals surface area (Å²) in [5, 5.41) is 3.17. The van der Waals surface area contributed by atoms with Gasteiger partial charge in [0.1, 0.15) is 18.2 Å². The fourth-order valence-corrected chi connectivity index (χ4v) is 4.15. The Morgan fingerprint density at radius 1 is 1.23 bits per heavy atom. The number of hydrogen-bond donors (Lipinski definition) is 1. The van der Waals surface area contributed by atoms with Crippen LogP contribution in [0.5, 0.6) is 0 Å². The molecule has 0 aromatic carbocycles. The van der Waals surface area contributed by atoms with Crippen molar-refractivity contribution in [2.75, 3.05) is 23.5 Å². The number of hydrogen-bond acceptors (Lipinski definition) is 6. The van der Waals surface area contributed by atoms with Crippen molar-refractivity contribution in [3.8, 4) is 0 Å². The van der Waals surface area contributed by atoms with Crippen LogP contribution in [0.25, 0.3) is 0 Å². The van der Waals surface area contributed by atoms with E-state index in [1.165, 1.54) is 4.90 Å². The van der Waals surface area contributed by atoms with Gasteiger partial charge in [0.25, 0.3) is 5.91 Å². The Labute approximate surface area is 175 Å². The van der Waals surface area contributed by atoms with Crippen LogP contribution in [0.4, 0.5) is 16.4 Å². The molecule has 2 aromatic heterocycles. The summed E-state index contributed by atoms with van der Waals surface area (Å²) in [6, 6.07) is 7.25. The summed E-state index contributed by atoms with van der Waals surface area (Å²) >= 11 is 0. The number of nitrogens with one attached hydrogen (secondary N) is 1. The molecule has 8 heteroatoms. The van der Waals surface area contributed by atoms with E-state index in [9.17, 15) is 9.59 Å². The van der Waals surface area contributed by atoms with Crippen molar-refractivity contribution < 1.29 is 14.3 Å². The van der Waals surface area contributed by atoms with E-state index < -0.39 is 6.09 Å². The molecule has 0 bridgehead atoms. The monoisotopic (exact) mass is 407 g/mol. The molecule has 5 rings (SSSR count). The van der Waals surface area contributed by atoms with Crippen molar-refractivity contribution >= 4 is 23.6 Å². The molecule has 2 aliphatic heterocycles. The molecular formula is C22H25N5O3. The molecule has 0 radical (unpaired) electrons. The van der Waals surface area contributed by atoms with Gasteiger partial charge in [-0.05, 0) is 45.0 Å². The summed E-state index contributed by atoms with van der Waals surface area (Å²) in [7, 11) is 1.88. The lowest BCUT2D eigenvalue weighted by Gasteiger charge is -2.20. The van der Waals surface area contributed by atoms with Crippen molar-refractivity contribution in [2.24, 2.45) is 0 Å². The Bertz CT molecular complexity index is 1050.